The molecule has 0 saturated carbocycles. The smallest absolute Gasteiger partial charge is 0.0534 e. The van der Waals surface area contributed by atoms with E-state index in [4.69, 9.17) is 11.6 Å². The minimum atomic E-state index is 0.471. The molecule has 19 heavy (non-hydrogen) atoms. The normalized spacial score (nSPS) is 11.5. The molecule has 0 radical (unpaired) electrons. The molecule has 0 aliphatic heterocycles. The Balaban J connectivity index is 2.08. The molecule has 0 fully saturated rings. The van der Waals surface area contributed by atoms with Crippen molar-refractivity contribution in [1.29, 1.82) is 0 Å². The summed E-state index contributed by atoms with van der Waals surface area (Å²) in [6, 6.07) is 8.52. The van der Waals surface area contributed by atoms with Gasteiger partial charge in [0.2, 0.25) is 0 Å². The summed E-state index contributed by atoms with van der Waals surface area (Å²) in [7, 11) is 1.94. The van der Waals surface area contributed by atoms with E-state index in [1.54, 1.807) is 0 Å². The molecule has 2 rings (SSSR count). The van der Waals surface area contributed by atoms with Crippen LogP contribution in [0.3, 0.4) is 0 Å². The summed E-state index contributed by atoms with van der Waals surface area (Å²) >= 11 is 6.04. The monoisotopic (exact) mass is 277 g/mol. The largest absolute Gasteiger partial charge is 0.292 e. The van der Waals surface area contributed by atoms with Gasteiger partial charge >= 0.3 is 0 Å². The lowest BCUT2D eigenvalue weighted by atomic mass is 10.1. The Morgan fingerprint density at radius 2 is 2.00 bits per heavy atom. The van der Waals surface area contributed by atoms with E-state index in [1.165, 1.54) is 11.1 Å². The van der Waals surface area contributed by atoms with Gasteiger partial charge in [-0.2, -0.15) is 5.10 Å². The van der Waals surface area contributed by atoms with Crippen molar-refractivity contribution in [2.24, 2.45) is 7.05 Å². The molecule has 0 bridgehead atoms. The first-order valence-electron chi connectivity index (χ1n) is 6.50. The molecule has 0 saturated heterocycles. The summed E-state index contributed by atoms with van der Waals surface area (Å²) in [5.74, 6) is 0. The fourth-order valence-corrected chi connectivity index (χ4v) is 2.29. The molecule has 102 valence electrons. The number of hydrogen-bond acceptors (Lipinski definition) is 2. The predicted octanol–water partition coefficient (Wildman–Crippen LogP) is 3.48. The van der Waals surface area contributed by atoms with Gasteiger partial charge in [0, 0.05) is 43.0 Å². The highest BCUT2D eigenvalue weighted by Crippen LogP contribution is 2.16. The van der Waals surface area contributed by atoms with E-state index in [0.717, 1.165) is 18.1 Å². The van der Waals surface area contributed by atoms with Gasteiger partial charge < -0.3 is 0 Å². The van der Waals surface area contributed by atoms with Crippen LogP contribution in [0, 0.1) is 0 Å². The van der Waals surface area contributed by atoms with E-state index in [9.17, 15) is 0 Å². The Hall–Kier alpha value is -1.32. The molecule has 3 nitrogen and oxygen atoms in total. The number of aryl methyl sites for hydroxylation is 1. The van der Waals surface area contributed by atoms with E-state index in [1.807, 2.05) is 36.1 Å². The van der Waals surface area contributed by atoms with Crippen LogP contribution in [-0.4, -0.2) is 20.7 Å². The minimum Gasteiger partial charge on any atom is -0.292 e. The van der Waals surface area contributed by atoms with Gasteiger partial charge in [0.15, 0.2) is 0 Å². The highest BCUT2D eigenvalue weighted by molar-refractivity contribution is 6.30. The van der Waals surface area contributed by atoms with Crippen molar-refractivity contribution in [2.75, 3.05) is 0 Å². The molecule has 0 spiro atoms. The van der Waals surface area contributed by atoms with Crippen molar-refractivity contribution in [3.05, 3.63) is 52.8 Å². The van der Waals surface area contributed by atoms with Gasteiger partial charge in [0.25, 0.3) is 0 Å². The minimum absolute atomic E-state index is 0.471. The quantitative estimate of drug-likeness (QED) is 0.834. The maximum Gasteiger partial charge on any atom is 0.0534 e. The van der Waals surface area contributed by atoms with Crippen LogP contribution in [-0.2, 0) is 20.1 Å². The Kier molecular flexibility index (Phi) is 4.61. The molecule has 1 aromatic heterocycles. The molecular weight excluding hydrogens is 258 g/mol. The fraction of sp³-hybridized carbons (Fsp3) is 0.400. The topological polar surface area (TPSA) is 21.1 Å². The van der Waals surface area contributed by atoms with Crippen LogP contribution in [0.2, 0.25) is 5.02 Å². The Morgan fingerprint density at radius 3 is 2.58 bits per heavy atom. The average molecular weight is 278 g/mol. The van der Waals surface area contributed by atoms with E-state index >= 15 is 0 Å². The fourth-order valence-electron chi connectivity index (χ4n) is 2.08. The number of hydrogen-bond donors (Lipinski definition) is 0. The molecule has 0 aliphatic carbocycles. The van der Waals surface area contributed by atoms with E-state index in [2.05, 4.69) is 36.1 Å². The summed E-state index contributed by atoms with van der Waals surface area (Å²) in [6.45, 7) is 6.22. The Labute approximate surface area is 119 Å². The molecule has 1 aromatic carbocycles. The van der Waals surface area contributed by atoms with Crippen molar-refractivity contribution in [1.82, 2.24) is 14.7 Å². The van der Waals surface area contributed by atoms with Crippen LogP contribution >= 0.6 is 11.6 Å². The molecular formula is C15H20ClN3. The van der Waals surface area contributed by atoms with Crippen molar-refractivity contribution in [3.63, 3.8) is 0 Å². The van der Waals surface area contributed by atoms with E-state index in [0.29, 0.717) is 6.04 Å². The molecule has 0 amide bonds. The van der Waals surface area contributed by atoms with Gasteiger partial charge in [-0.3, -0.25) is 9.58 Å². The second-order valence-electron chi connectivity index (χ2n) is 5.15. The number of aromatic nitrogens is 2. The third-order valence-corrected chi connectivity index (χ3v) is 3.38. The molecule has 4 heteroatoms. The maximum absolute atomic E-state index is 6.04. The SMILES string of the molecule is CC(C)N(Cc1cccc(Cl)c1)Cc1cnn(C)c1. The van der Waals surface area contributed by atoms with Crippen LogP contribution in [0.4, 0.5) is 0 Å². The zero-order valence-corrected chi connectivity index (χ0v) is 12.4. The van der Waals surface area contributed by atoms with Crippen molar-refractivity contribution in [3.8, 4) is 0 Å². The first kappa shape index (κ1) is 14.1. The first-order chi connectivity index (χ1) is 9.04. The number of benzene rings is 1. The zero-order chi connectivity index (χ0) is 13.8. The number of nitrogens with zero attached hydrogens (tertiary/aromatic N) is 3. The summed E-state index contributed by atoms with van der Waals surface area (Å²) in [4.78, 5) is 2.41. The second kappa shape index (κ2) is 6.22. The van der Waals surface area contributed by atoms with Gasteiger partial charge in [-0.05, 0) is 31.5 Å². The zero-order valence-electron chi connectivity index (χ0n) is 11.7. The Morgan fingerprint density at radius 1 is 1.26 bits per heavy atom. The van der Waals surface area contributed by atoms with Crippen molar-refractivity contribution in [2.45, 2.75) is 33.0 Å². The second-order valence-corrected chi connectivity index (χ2v) is 5.59. The summed E-state index contributed by atoms with van der Waals surface area (Å²) < 4.78 is 1.84. The van der Waals surface area contributed by atoms with Gasteiger partial charge in [0.1, 0.15) is 0 Å². The Bertz CT molecular complexity index is 534. The number of halogens is 1. The molecule has 1 heterocycles. The highest BCUT2D eigenvalue weighted by atomic mass is 35.5. The van der Waals surface area contributed by atoms with Crippen molar-refractivity contribution >= 4 is 11.6 Å². The van der Waals surface area contributed by atoms with Crippen LogP contribution in [0.25, 0.3) is 0 Å². The molecule has 0 aliphatic rings. The first-order valence-corrected chi connectivity index (χ1v) is 6.88. The summed E-state index contributed by atoms with van der Waals surface area (Å²) in [5.41, 5.74) is 2.48. The van der Waals surface area contributed by atoms with Gasteiger partial charge in [-0.1, -0.05) is 23.7 Å². The van der Waals surface area contributed by atoms with Gasteiger partial charge in [0.05, 0.1) is 6.20 Å². The van der Waals surface area contributed by atoms with Crippen LogP contribution in [0.5, 0.6) is 0 Å². The van der Waals surface area contributed by atoms with Gasteiger partial charge in [-0.25, -0.2) is 0 Å². The van der Waals surface area contributed by atoms with Crippen molar-refractivity contribution < 1.29 is 0 Å². The molecule has 0 unspecified atom stereocenters. The summed E-state index contributed by atoms with van der Waals surface area (Å²) in [6.07, 6.45) is 3.99. The molecule has 0 atom stereocenters. The average Bonchev–Trinajstić information content (AvgIpc) is 2.74. The van der Waals surface area contributed by atoms with E-state index in [-0.39, 0.29) is 0 Å². The predicted molar refractivity (Wildman–Crippen MR) is 79.0 cm³/mol. The van der Waals surface area contributed by atoms with E-state index < -0.39 is 0 Å². The third-order valence-electron chi connectivity index (χ3n) is 3.15. The lowest BCUT2D eigenvalue weighted by molar-refractivity contribution is 0.203. The molecule has 2 aromatic rings. The third kappa shape index (κ3) is 4.08. The van der Waals surface area contributed by atoms with Gasteiger partial charge in [-0.15, -0.1) is 0 Å². The maximum atomic E-state index is 6.04. The summed E-state index contributed by atoms with van der Waals surface area (Å²) in [5, 5.41) is 5.01. The lowest BCUT2D eigenvalue weighted by Crippen LogP contribution is -2.29. The standard InChI is InChI=1S/C15H20ClN3/c1-12(2)19(11-14-8-17-18(3)9-14)10-13-5-4-6-15(16)7-13/h4-9,12H,10-11H2,1-3H3. The van der Waals surface area contributed by atoms with Crippen LogP contribution < -0.4 is 0 Å². The van der Waals surface area contributed by atoms with Crippen LogP contribution in [0.15, 0.2) is 36.7 Å². The lowest BCUT2D eigenvalue weighted by Gasteiger charge is -2.26. The highest BCUT2D eigenvalue weighted by Gasteiger charge is 2.12. The van der Waals surface area contributed by atoms with Crippen LogP contribution in [0.1, 0.15) is 25.0 Å². The molecule has 0 N–H and O–H groups in total. The number of rotatable bonds is 5.